The number of nitro benzene ring substituents is 1. The lowest BCUT2D eigenvalue weighted by molar-refractivity contribution is -0.384. The number of hydrogen-bond acceptors (Lipinski definition) is 5. The predicted octanol–water partition coefficient (Wildman–Crippen LogP) is 1.33. The van der Waals surface area contributed by atoms with Gasteiger partial charge in [0.15, 0.2) is 5.16 Å². The minimum Gasteiger partial charge on any atom is -0.331 e. The Kier molecular flexibility index (Phi) is 3.49. The van der Waals surface area contributed by atoms with E-state index in [9.17, 15) is 14.3 Å². The fraction of sp³-hybridized carbons (Fsp3) is 0.417. The van der Waals surface area contributed by atoms with E-state index in [1.807, 2.05) is 0 Å². The summed E-state index contributed by atoms with van der Waals surface area (Å²) in [7, 11) is -1.22. The summed E-state index contributed by atoms with van der Waals surface area (Å²) >= 11 is 0. The van der Waals surface area contributed by atoms with Gasteiger partial charge in [-0.1, -0.05) is 0 Å². The molecule has 0 unspecified atom stereocenters. The third kappa shape index (κ3) is 2.44. The largest absolute Gasteiger partial charge is 0.331 e. The van der Waals surface area contributed by atoms with Crippen molar-refractivity contribution in [2.45, 2.75) is 23.2 Å². The zero-order valence-corrected chi connectivity index (χ0v) is 11.5. The quantitative estimate of drug-likeness (QED) is 0.657. The summed E-state index contributed by atoms with van der Waals surface area (Å²) in [6, 6.07) is 4.39. The Labute approximate surface area is 117 Å². The van der Waals surface area contributed by atoms with E-state index in [0.29, 0.717) is 22.7 Å². The van der Waals surface area contributed by atoms with Crippen molar-refractivity contribution < 1.29 is 9.13 Å². The average molecular weight is 294 g/mol. The molecule has 2 heterocycles. The molecular weight excluding hydrogens is 280 g/mol. The van der Waals surface area contributed by atoms with Gasteiger partial charge in [0.25, 0.3) is 5.69 Å². The van der Waals surface area contributed by atoms with Crippen molar-refractivity contribution in [2.24, 2.45) is 0 Å². The number of nitrogens with zero attached hydrogens (tertiary/aromatic N) is 2. The lowest BCUT2D eigenvalue weighted by atomic mass is 10.2. The molecule has 0 radical (unpaired) electrons. The standard InChI is InChI=1S/C12H14N4O3S/c17-16(18)8-3-4-10-11(6-8)15-12(14-10)20(19)9-2-1-5-13-7-9/h3-4,6,9,13H,1-2,5,7H2,(H,14,15)/t9-,20-/m1/s1. The lowest BCUT2D eigenvalue weighted by Crippen LogP contribution is -2.36. The lowest BCUT2D eigenvalue weighted by Gasteiger charge is -2.20. The van der Waals surface area contributed by atoms with Crippen molar-refractivity contribution in [3.05, 3.63) is 28.3 Å². The van der Waals surface area contributed by atoms with E-state index in [-0.39, 0.29) is 10.9 Å². The SMILES string of the molecule is O=[N+]([O-])c1ccc2nc([S@](=O)[C@@H]3CCCNC3)[nH]c2c1. The van der Waals surface area contributed by atoms with Crippen molar-refractivity contribution in [1.82, 2.24) is 15.3 Å². The summed E-state index contributed by atoms with van der Waals surface area (Å²) in [6.07, 6.45) is 1.90. The molecule has 8 heteroatoms. The van der Waals surface area contributed by atoms with Gasteiger partial charge in [0.05, 0.1) is 32.0 Å². The highest BCUT2D eigenvalue weighted by Crippen LogP contribution is 2.22. The van der Waals surface area contributed by atoms with Crippen LogP contribution in [0.25, 0.3) is 11.0 Å². The molecule has 0 spiro atoms. The number of hydrogen-bond donors (Lipinski definition) is 2. The molecule has 1 aliphatic rings. The van der Waals surface area contributed by atoms with E-state index < -0.39 is 15.7 Å². The van der Waals surface area contributed by atoms with Crippen LogP contribution in [0.15, 0.2) is 23.4 Å². The fourth-order valence-corrected chi connectivity index (χ4v) is 3.71. The number of rotatable bonds is 3. The number of aromatic nitrogens is 2. The normalized spacial score (nSPS) is 20.9. The molecular formula is C12H14N4O3S. The molecule has 0 saturated carbocycles. The zero-order valence-electron chi connectivity index (χ0n) is 10.7. The molecule has 2 atom stereocenters. The molecule has 1 aromatic heterocycles. The van der Waals surface area contributed by atoms with Crippen LogP contribution in [0.4, 0.5) is 5.69 Å². The van der Waals surface area contributed by atoms with Gasteiger partial charge in [-0.3, -0.25) is 14.3 Å². The smallest absolute Gasteiger partial charge is 0.271 e. The van der Waals surface area contributed by atoms with Crippen molar-refractivity contribution in [2.75, 3.05) is 13.1 Å². The first kappa shape index (κ1) is 13.2. The van der Waals surface area contributed by atoms with Crippen molar-refractivity contribution in [3.63, 3.8) is 0 Å². The zero-order chi connectivity index (χ0) is 14.1. The highest BCUT2D eigenvalue weighted by Gasteiger charge is 2.23. The van der Waals surface area contributed by atoms with E-state index in [2.05, 4.69) is 15.3 Å². The molecule has 0 aliphatic carbocycles. The van der Waals surface area contributed by atoms with Crippen LogP contribution in [-0.2, 0) is 10.8 Å². The number of benzene rings is 1. The van der Waals surface area contributed by atoms with Crippen molar-refractivity contribution in [1.29, 1.82) is 0 Å². The molecule has 1 saturated heterocycles. The fourth-order valence-electron chi connectivity index (χ4n) is 2.34. The predicted molar refractivity (Wildman–Crippen MR) is 75.0 cm³/mol. The Hall–Kier alpha value is -1.80. The Morgan fingerprint density at radius 3 is 3.00 bits per heavy atom. The van der Waals surface area contributed by atoms with Crippen molar-refractivity contribution >= 4 is 27.5 Å². The summed E-state index contributed by atoms with van der Waals surface area (Å²) in [5, 5.41) is 14.4. The number of imidazole rings is 1. The number of non-ortho nitro benzene ring substituents is 1. The number of aromatic amines is 1. The van der Waals surface area contributed by atoms with E-state index in [1.54, 1.807) is 6.07 Å². The molecule has 2 N–H and O–H groups in total. The molecule has 1 aromatic carbocycles. The van der Waals surface area contributed by atoms with Gasteiger partial charge < -0.3 is 10.3 Å². The van der Waals surface area contributed by atoms with Gasteiger partial charge in [-0.25, -0.2) is 4.98 Å². The van der Waals surface area contributed by atoms with Crippen LogP contribution in [0.3, 0.4) is 0 Å². The topological polar surface area (TPSA) is 101 Å². The second-order valence-electron chi connectivity index (χ2n) is 4.77. The first-order valence-corrected chi connectivity index (χ1v) is 7.62. The van der Waals surface area contributed by atoms with Gasteiger partial charge in [-0.2, -0.15) is 0 Å². The van der Waals surface area contributed by atoms with Gasteiger partial charge in [-0.15, -0.1) is 0 Å². The minimum atomic E-state index is -1.22. The second-order valence-corrected chi connectivity index (χ2v) is 6.41. The van der Waals surface area contributed by atoms with E-state index in [1.165, 1.54) is 12.1 Å². The highest BCUT2D eigenvalue weighted by molar-refractivity contribution is 7.85. The van der Waals surface area contributed by atoms with Gasteiger partial charge >= 0.3 is 0 Å². The van der Waals surface area contributed by atoms with Crippen LogP contribution in [0.1, 0.15) is 12.8 Å². The van der Waals surface area contributed by atoms with Crippen LogP contribution in [-0.4, -0.2) is 37.4 Å². The van der Waals surface area contributed by atoms with E-state index in [4.69, 9.17) is 0 Å². The first-order chi connectivity index (χ1) is 9.65. The van der Waals surface area contributed by atoms with Crippen LogP contribution < -0.4 is 5.32 Å². The Morgan fingerprint density at radius 2 is 2.30 bits per heavy atom. The molecule has 20 heavy (non-hydrogen) atoms. The molecule has 2 aromatic rings. The second kappa shape index (κ2) is 5.29. The number of fused-ring (bicyclic) bond motifs is 1. The van der Waals surface area contributed by atoms with Crippen LogP contribution in [0.2, 0.25) is 0 Å². The maximum absolute atomic E-state index is 12.4. The Balaban J connectivity index is 1.92. The summed E-state index contributed by atoms with van der Waals surface area (Å²) in [5.74, 6) is 0. The summed E-state index contributed by atoms with van der Waals surface area (Å²) < 4.78 is 12.4. The number of nitrogens with one attached hydrogen (secondary N) is 2. The van der Waals surface area contributed by atoms with Gasteiger partial charge in [-0.05, 0) is 25.5 Å². The van der Waals surface area contributed by atoms with Crippen LogP contribution in [0.5, 0.6) is 0 Å². The van der Waals surface area contributed by atoms with Gasteiger partial charge in [0.2, 0.25) is 0 Å². The molecule has 1 fully saturated rings. The minimum absolute atomic E-state index is 0.00202. The maximum Gasteiger partial charge on any atom is 0.271 e. The number of H-pyrrole nitrogens is 1. The number of nitro groups is 1. The average Bonchev–Trinajstić information content (AvgIpc) is 2.90. The molecule has 106 valence electrons. The third-order valence-corrected chi connectivity index (χ3v) is 4.98. The molecule has 7 nitrogen and oxygen atoms in total. The Morgan fingerprint density at radius 1 is 1.45 bits per heavy atom. The van der Waals surface area contributed by atoms with Gasteiger partial charge in [0, 0.05) is 18.7 Å². The molecule has 0 bridgehead atoms. The summed E-state index contributed by atoms with van der Waals surface area (Å²) in [4.78, 5) is 17.5. The van der Waals surface area contributed by atoms with Crippen LogP contribution >= 0.6 is 0 Å². The maximum atomic E-state index is 12.4. The monoisotopic (exact) mass is 294 g/mol. The summed E-state index contributed by atoms with van der Waals surface area (Å²) in [5.41, 5.74) is 1.15. The first-order valence-electron chi connectivity index (χ1n) is 6.40. The highest BCUT2D eigenvalue weighted by atomic mass is 32.2. The van der Waals surface area contributed by atoms with E-state index in [0.717, 1.165) is 19.4 Å². The summed E-state index contributed by atoms with van der Waals surface area (Å²) in [6.45, 7) is 1.67. The van der Waals surface area contributed by atoms with E-state index >= 15 is 0 Å². The third-order valence-electron chi connectivity index (χ3n) is 3.40. The number of piperidine rings is 1. The van der Waals surface area contributed by atoms with Crippen LogP contribution in [0, 0.1) is 10.1 Å². The van der Waals surface area contributed by atoms with Gasteiger partial charge in [0.1, 0.15) is 0 Å². The Bertz CT molecular complexity index is 678. The molecule has 0 amide bonds. The van der Waals surface area contributed by atoms with Crippen molar-refractivity contribution in [3.8, 4) is 0 Å². The molecule has 1 aliphatic heterocycles. The molecule has 3 rings (SSSR count).